The second-order valence-corrected chi connectivity index (χ2v) is 8.36. The van der Waals surface area contributed by atoms with Gasteiger partial charge in [0.2, 0.25) is 0 Å². The monoisotopic (exact) mass is 528 g/mol. The average molecular weight is 529 g/mol. The molecule has 1 aromatic rings. The lowest BCUT2D eigenvalue weighted by Gasteiger charge is -2.33. The average Bonchev–Trinajstić information content (AvgIpc) is 2.78. The quantitative estimate of drug-likeness (QED) is 0.283. The number of alkyl halides is 4. The maximum Gasteiger partial charge on any atom is 0.418 e. The van der Waals surface area contributed by atoms with E-state index in [4.69, 9.17) is 22.1 Å². The highest BCUT2D eigenvalue weighted by molar-refractivity contribution is 7.99. The Kier molecular flexibility index (Phi) is 9.77. The van der Waals surface area contributed by atoms with Crippen molar-refractivity contribution in [2.45, 2.75) is 19.0 Å². The molecule has 0 saturated heterocycles. The van der Waals surface area contributed by atoms with E-state index in [9.17, 15) is 27.2 Å². The summed E-state index contributed by atoms with van der Waals surface area (Å²) in [6.07, 6.45) is -5.18. The second-order valence-electron chi connectivity index (χ2n) is 6.85. The first-order chi connectivity index (χ1) is 16.0. The van der Waals surface area contributed by atoms with Crippen LogP contribution < -0.4 is 11.1 Å². The van der Waals surface area contributed by atoms with Gasteiger partial charge in [-0.05, 0) is 19.1 Å². The molecule has 0 amide bonds. The highest BCUT2D eigenvalue weighted by atomic mass is 35.5. The summed E-state index contributed by atoms with van der Waals surface area (Å²) in [6.45, 7) is 0.190. The number of esters is 2. The summed E-state index contributed by atoms with van der Waals surface area (Å²) in [5.74, 6) is -5.43. The molecule has 34 heavy (non-hydrogen) atoms. The molecular formula is C21H22ClF5N2O4S. The molecule has 1 heterocycles. The molecule has 1 unspecified atom stereocenters. The van der Waals surface area contributed by atoms with Gasteiger partial charge in [-0.2, -0.15) is 24.9 Å². The normalized spacial score (nSPS) is 16.4. The molecule has 0 radical (unpaired) electrons. The number of methoxy groups -OCH3 is 1. The van der Waals surface area contributed by atoms with Crippen molar-refractivity contribution in [1.82, 2.24) is 5.32 Å². The number of hydrogen-bond acceptors (Lipinski definition) is 7. The summed E-state index contributed by atoms with van der Waals surface area (Å²) < 4.78 is 80.9. The van der Waals surface area contributed by atoms with Gasteiger partial charge in [0.25, 0.3) is 0 Å². The van der Waals surface area contributed by atoms with Gasteiger partial charge >= 0.3 is 18.1 Å². The van der Waals surface area contributed by atoms with Crippen LogP contribution in [0.4, 0.5) is 22.0 Å². The number of hydrogen-bond donors (Lipinski definition) is 2. The van der Waals surface area contributed by atoms with Crippen molar-refractivity contribution in [2.75, 3.05) is 38.4 Å². The number of dihydropyridines is 1. The van der Waals surface area contributed by atoms with Crippen LogP contribution in [0.3, 0.4) is 0 Å². The molecule has 0 fully saturated rings. The van der Waals surface area contributed by atoms with E-state index in [2.05, 4.69) is 10.1 Å². The summed E-state index contributed by atoms with van der Waals surface area (Å²) in [6, 6.07) is 1.37. The summed E-state index contributed by atoms with van der Waals surface area (Å²) in [5, 5.41) is 1.73. The number of allylic oxidation sites excluding steroid dienone is 1. The lowest BCUT2D eigenvalue weighted by Crippen LogP contribution is -2.36. The number of nitrogens with one attached hydrogen (secondary N) is 1. The van der Waals surface area contributed by atoms with Gasteiger partial charge in [0.05, 0.1) is 47.1 Å². The van der Waals surface area contributed by atoms with Crippen molar-refractivity contribution in [3.8, 4) is 0 Å². The second kappa shape index (κ2) is 11.9. The van der Waals surface area contributed by atoms with Gasteiger partial charge in [-0.3, -0.25) is 0 Å². The van der Waals surface area contributed by atoms with Gasteiger partial charge in [0, 0.05) is 29.3 Å². The van der Waals surface area contributed by atoms with Gasteiger partial charge in [0.1, 0.15) is 12.5 Å². The summed E-state index contributed by atoms with van der Waals surface area (Å²) in [4.78, 5) is 25.6. The zero-order chi connectivity index (χ0) is 25.6. The van der Waals surface area contributed by atoms with E-state index in [1.807, 2.05) is 0 Å². The zero-order valence-electron chi connectivity index (χ0n) is 18.2. The van der Waals surface area contributed by atoms with E-state index in [0.29, 0.717) is 17.9 Å². The third-order valence-electron chi connectivity index (χ3n) is 4.79. The lowest BCUT2D eigenvalue weighted by atomic mass is 9.78. The smallest absolute Gasteiger partial charge is 0.418 e. The Bertz CT molecular complexity index is 1010. The maximum atomic E-state index is 15.1. The molecule has 6 nitrogen and oxygen atoms in total. The molecular weight excluding hydrogens is 507 g/mol. The van der Waals surface area contributed by atoms with Crippen molar-refractivity contribution in [3.63, 3.8) is 0 Å². The number of ether oxygens (including phenoxy) is 2. The summed E-state index contributed by atoms with van der Waals surface area (Å²) in [5.41, 5.74) is 1.05. The van der Waals surface area contributed by atoms with Gasteiger partial charge in [-0.25, -0.2) is 18.4 Å². The minimum Gasteiger partial charge on any atom is -0.466 e. The first kappa shape index (κ1) is 27.9. The van der Waals surface area contributed by atoms with E-state index in [1.165, 1.54) is 18.7 Å². The van der Waals surface area contributed by atoms with Crippen LogP contribution >= 0.6 is 23.4 Å². The van der Waals surface area contributed by atoms with Crippen molar-refractivity contribution in [1.29, 1.82) is 0 Å². The van der Waals surface area contributed by atoms with E-state index in [0.717, 1.165) is 7.11 Å². The summed E-state index contributed by atoms with van der Waals surface area (Å²) in [7, 11) is 0.918. The Morgan fingerprint density at radius 3 is 2.38 bits per heavy atom. The topological polar surface area (TPSA) is 90.6 Å². The predicted octanol–water partition coefficient (Wildman–Crippen LogP) is 4.09. The first-order valence-corrected chi connectivity index (χ1v) is 11.4. The molecule has 0 saturated carbocycles. The van der Waals surface area contributed by atoms with Gasteiger partial charge in [-0.15, -0.1) is 0 Å². The summed E-state index contributed by atoms with van der Waals surface area (Å²) >= 11 is 6.99. The molecule has 188 valence electrons. The molecule has 1 aliphatic heterocycles. The van der Waals surface area contributed by atoms with Crippen LogP contribution in [0, 0.1) is 5.82 Å². The Morgan fingerprint density at radius 1 is 1.21 bits per heavy atom. The van der Waals surface area contributed by atoms with Crippen molar-refractivity contribution >= 4 is 35.3 Å². The third-order valence-corrected chi connectivity index (χ3v) is 6.12. The molecule has 3 N–H and O–H groups in total. The lowest BCUT2D eigenvalue weighted by molar-refractivity contribution is -0.141. The largest absolute Gasteiger partial charge is 0.466 e. The molecule has 0 aliphatic carbocycles. The fourth-order valence-corrected chi connectivity index (χ4v) is 4.53. The molecule has 0 spiro atoms. The molecule has 1 atom stereocenters. The maximum absolute atomic E-state index is 15.1. The number of halogens is 6. The van der Waals surface area contributed by atoms with Crippen molar-refractivity contribution in [2.24, 2.45) is 5.73 Å². The molecule has 1 aliphatic rings. The number of carbonyl (C=O) groups is 2. The Balaban J connectivity index is 2.99. The van der Waals surface area contributed by atoms with Crippen molar-refractivity contribution in [3.05, 3.63) is 56.6 Å². The molecule has 0 aromatic heterocycles. The van der Waals surface area contributed by atoms with Crippen LogP contribution in [0.15, 0.2) is 34.7 Å². The van der Waals surface area contributed by atoms with Crippen LogP contribution in [-0.2, 0) is 25.2 Å². The predicted molar refractivity (Wildman–Crippen MR) is 117 cm³/mol. The highest BCUT2D eigenvalue weighted by Crippen LogP contribution is 2.48. The zero-order valence-corrected chi connectivity index (χ0v) is 19.7. The fourth-order valence-electron chi connectivity index (χ4n) is 3.51. The van der Waals surface area contributed by atoms with Crippen LogP contribution in [-0.4, -0.2) is 50.4 Å². The molecule has 1 aromatic carbocycles. The van der Waals surface area contributed by atoms with E-state index in [-0.39, 0.29) is 24.6 Å². The fraction of sp³-hybridized carbons (Fsp3) is 0.429. The molecule has 2 rings (SSSR count). The highest BCUT2D eigenvalue weighted by Gasteiger charge is 2.47. The van der Waals surface area contributed by atoms with Gasteiger partial charge in [0.15, 0.2) is 0 Å². The number of thioether (sulfide) groups is 1. The number of benzene rings is 1. The van der Waals surface area contributed by atoms with Crippen molar-refractivity contribution < 1.29 is 41.0 Å². The Hall–Kier alpha value is -2.31. The van der Waals surface area contributed by atoms with Crippen LogP contribution in [0.5, 0.6) is 0 Å². The van der Waals surface area contributed by atoms with E-state index >= 15 is 4.39 Å². The number of carbonyl (C=O) groups excluding carboxylic acids is 2. The Morgan fingerprint density at radius 2 is 1.85 bits per heavy atom. The van der Waals surface area contributed by atoms with Crippen LogP contribution in [0.1, 0.15) is 24.0 Å². The van der Waals surface area contributed by atoms with E-state index < -0.39 is 69.5 Å². The standard InChI is InChI=1S/C21H22ClF5N2O4S/c1-3-33-20(31)16-13(9-34-7-6-28)29-12(8-23)15(19(30)32-2)17(16)14-11(24)5-4-10(22)18(14)21(25,26)27/h4-5,17,29H,3,6-9,28H2,1-2H3. The number of nitrogens with two attached hydrogens (primary N) is 1. The first-order valence-electron chi connectivity index (χ1n) is 9.90. The van der Waals surface area contributed by atoms with Gasteiger partial charge in [-0.1, -0.05) is 11.6 Å². The van der Waals surface area contributed by atoms with Crippen LogP contribution in [0.2, 0.25) is 5.02 Å². The Labute approximate surface area is 201 Å². The number of rotatable bonds is 9. The SMILES string of the molecule is CCOC(=O)C1=C(CSCCN)NC(CF)=C(C(=O)OC)C1c1c(F)ccc(Cl)c1C(F)(F)F. The van der Waals surface area contributed by atoms with Gasteiger partial charge < -0.3 is 20.5 Å². The minimum atomic E-state index is -5.18. The molecule has 13 heteroatoms. The minimum absolute atomic E-state index is 0.0384. The molecule has 0 bridgehead atoms. The third kappa shape index (κ3) is 5.84. The van der Waals surface area contributed by atoms with E-state index in [1.54, 1.807) is 0 Å². The van der Waals surface area contributed by atoms with Crippen LogP contribution in [0.25, 0.3) is 0 Å².